The second-order valence-electron chi connectivity index (χ2n) is 8.83. The van der Waals surface area contributed by atoms with E-state index < -0.39 is 23.2 Å². The summed E-state index contributed by atoms with van der Waals surface area (Å²) in [4.78, 5) is 18.9. The summed E-state index contributed by atoms with van der Waals surface area (Å²) in [6.07, 6.45) is 0.0298. The van der Waals surface area contributed by atoms with Gasteiger partial charge in [-0.2, -0.15) is 13.2 Å². The van der Waals surface area contributed by atoms with Crippen LogP contribution in [0.25, 0.3) is 0 Å². The van der Waals surface area contributed by atoms with Crippen LogP contribution >= 0.6 is 0 Å². The third-order valence-electron chi connectivity index (χ3n) is 6.83. The highest BCUT2D eigenvalue weighted by Crippen LogP contribution is 2.39. The Kier molecular flexibility index (Phi) is 6.63. The molecular formula is C24H28F3N3O3. The van der Waals surface area contributed by atoms with Gasteiger partial charge in [-0.05, 0) is 42.7 Å². The van der Waals surface area contributed by atoms with E-state index >= 15 is 0 Å². The van der Waals surface area contributed by atoms with Crippen LogP contribution in [0.4, 0.5) is 13.2 Å². The summed E-state index contributed by atoms with van der Waals surface area (Å²) in [5.74, 6) is -0.216. The molecular weight excluding hydrogens is 435 g/mol. The van der Waals surface area contributed by atoms with E-state index in [4.69, 9.17) is 15.2 Å². The molecule has 1 aromatic heterocycles. The Balaban J connectivity index is 1.47. The Morgan fingerprint density at radius 1 is 1.33 bits per heavy atom. The van der Waals surface area contributed by atoms with Crippen molar-refractivity contribution < 1.29 is 27.4 Å². The van der Waals surface area contributed by atoms with Gasteiger partial charge in [-0.15, -0.1) is 0 Å². The van der Waals surface area contributed by atoms with Gasteiger partial charge in [0.05, 0.1) is 11.7 Å². The smallest absolute Gasteiger partial charge is 0.416 e. The van der Waals surface area contributed by atoms with Crippen molar-refractivity contribution in [2.24, 2.45) is 5.73 Å². The predicted octanol–water partition coefficient (Wildman–Crippen LogP) is 3.76. The number of aromatic nitrogens is 1. The summed E-state index contributed by atoms with van der Waals surface area (Å²) in [6.45, 7) is 3.42. The van der Waals surface area contributed by atoms with Crippen LogP contribution in [0.5, 0.6) is 5.75 Å². The highest BCUT2D eigenvalue weighted by atomic mass is 19.4. The van der Waals surface area contributed by atoms with E-state index in [0.29, 0.717) is 39.0 Å². The number of halogens is 3. The molecule has 0 aliphatic carbocycles. The molecule has 6 nitrogen and oxygen atoms in total. The number of likely N-dealkylation sites (tertiary alicyclic amines) is 1. The van der Waals surface area contributed by atoms with Gasteiger partial charge in [0, 0.05) is 44.4 Å². The topological polar surface area (TPSA) is 77.7 Å². The lowest BCUT2D eigenvalue weighted by Crippen LogP contribution is -2.61. The maximum atomic E-state index is 13.0. The van der Waals surface area contributed by atoms with E-state index in [1.165, 1.54) is 12.1 Å². The fourth-order valence-corrected chi connectivity index (χ4v) is 4.87. The normalized spacial score (nSPS) is 27.3. The van der Waals surface area contributed by atoms with Crippen molar-refractivity contribution in [1.29, 1.82) is 0 Å². The molecule has 3 heterocycles. The molecule has 178 valence electrons. The first-order valence-corrected chi connectivity index (χ1v) is 11.1. The highest BCUT2D eigenvalue weighted by Gasteiger charge is 2.50. The average Bonchev–Trinajstić information content (AvgIpc) is 3.27. The number of hydrogen-bond acceptors (Lipinski definition) is 5. The van der Waals surface area contributed by atoms with Gasteiger partial charge in [0.25, 0.3) is 0 Å². The van der Waals surface area contributed by atoms with Crippen LogP contribution in [0.15, 0.2) is 48.8 Å². The van der Waals surface area contributed by atoms with Crippen molar-refractivity contribution in [2.45, 2.75) is 56.0 Å². The Bertz CT molecular complexity index is 972. The number of carbonyl (C=O) groups is 1. The molecule has 2 aliphatic heterocycles. The largest absolute Gasteiger partial charge is 0.489 e. The van der Waals surface area contributed by atoms with E-state index in [1.807, 2.05) is 24.0 Å². The van der Waals surface area contributed by atoms with Crippen LogP contribution in [-0.4, -0.2) is 53.2 Å². The molecule has 0 radical (unpaired) electrons. The fraction of sp³-hybridized carbons (Fsp3) is 0.500. The minimum Gasteiger partial charge on any atom is -0.489 e. The minimum absolute atomic E-state index is 0.0254. The molecule has 4 atom stereocenters. The van der Waals surface area contributed by atoms with Crippen LogP contribution in [0.2, 0.25) is 0 Å². The third-order valence-corrected chi connectivity index (χ3v) is 6.83. The van der Waals surface area contributed by atoms with E-state index in [1.54, 1.807) is 12.4 Å². The fourth-order valence-electron chi connectivity index (χ4n) is 4.87. The summed E-state index contributed by atoms with van der Waals surface area (Å²) in [5, 5.41) is 0. The number of primary amides is 1. The quantitative estimate of drug-likeness (QED) is 0.706. The number of benzene rings is 1. The van der Waals surface area contributed by atoms with Gasteiger partial charge >= 0.3 is 6.18 Å². The number of hydrogen-bond donors (Lipinski definition) is 1. The highest BCUT2D eigenvalue weighted by molar-refractivity contribution is 5.85. The van der Waals surface area contributed by atoms with Gasteiger partial charge in [-0.1, -0.05) is 19.1 Å². The molecule has 0 saturated carbocycles. The third kappa shape index (κ3) is 4.99. The molecule has 2 aliphatic rings. The number of nitrogens with zero attached hydrogens (tertiary/aromatic N) is 2. The maximum Gasteiger partial charge on any atom is 0.416 e. The summed E-state index contributed by atoms with van der Waals surface area (Å²) in [5.41, 5.74) is 5.32. The van der Waals surface area contributed by atoms with E-state index in [0.717, 1.165) is 17.7 Å². The Morgan fingerprint density at radius 3 is 2.85 bits per heavy atom. The molecule has 2 fully saturated rings. The van der Waals surface area contributed by atoms with Crippen molar-refractivity contribution in [3.05, 3.63) is 59.9 Å². The zero-order valence-electron chi connectivity index (χ0n) is 18.4. The molecule has 2 saturated heterocycles. The van der Waals surface area contributed by atoms with E-state index in [2.05, 4.69) is 4.98 Å². The van der Waals surface area contributed by atoms with Crippen LogP contribution in [0, 0.1) is 0 Å². The first kappa shape index (κ1) is 23.5. The second kappa shape index (κ2) is 9.30. The number of rotatable bonds is 6. The first-order valence-electron chi connectivity index (χ1n) is 11.1. The van der Waals surface area contributed by atoms with Crippen LogP contribution in [0.3, 0.4) is 0 Å². The van der Waals surface area contributed by atoms with Crippen molar-refractivity contribution in [2.75, 3.05) is 19.7 Å². The summed E-state index contributed by atoms with van der Waals surface area (Å²) in [7, 11) is 0. The standard InChI is InChI=1S/C24H28F3N3O3/c1-16(17-4-3-9-29-14-17)21-13-23(22(28)31,8-11-32-21)30-10-7-20(15-30)33-19-6-2-5-18(12-19)24(25,26)27/h2-6,9,12,14,16,20-21H,7-8,10-11,13,15H2,1H3,(H2,28,31)/t16-,20+,21?,23?/m0/s1. The first-order chi connectivity index (χ1) is 15.7. The van der Waals surface area contributed by atoms with Crippen LogP contribution < -0.4 is 10.5 Å². The van der Waals surface area contributed by atoms with Crippen molar-refractivity contribution in [1.82, 2.24) is 9.88 Å². The number of alkyl halides is 3. The minimum atomic E-state index is -4.43. The number of ether oxygens (including phenoxy) is 2. The van der Waals surface area contributed by atoms with Gasteiger partial charge in [-0.25, -0.2) is 0 Å². The lowest BCUT2D eigenvalue weighted by atomic mass is 9.79. The number of pyridine rings is 1. The lowest BCUT2D eigenvalue weighted by molar-refractivity contribution is -0.142. The van der Waals surface area contributed by atoms with Crippen molar-refractivity contribution >= 4 is 5.91 Å². The lowest BCUT2D eigenvalue weighted by Gasteiger charge is -2.46. The Morgan fingerprint density at radius 2 is 2.15 bits per heavy atom. The summed E-state index contributed by atoms with van der Waals surface area (Å²) >= 11 is 0. The predicted molar refractivity (Wildman–Crippen MR) is 116 cm³/mol. The molecule has 1 aromatic carbocycles. The zero-order valence-corrected chi connectivity index (χ0v) is 18.4. The molecule has 2 N–H and O–H groups in total. The van der Waals surface area contributed by atoms with Gasteiger partial charge in [0.15, 0.2) is 0 Å². The van der Waals surface area contributed by atoms with Gasteiger partial charge in [-0.3, -0.25) is 14.7 Å². The van der Waals surface area contributed by atoms with Crippen LogP contribution in [0.1, 0.15) is 43.2 Å². The van der Waals surface area contributed by atoms with Gasteiger partial charge in [0.1, 0.15) is 17.4 Å². The Hall–Kier alpha value is -2.65. The monoisotopic (exact) mass is 463 g/mol. The number of carbonyl (C=O) groups excluding carboxylic acids is 1. The molecule has 0 spiro atoms. The van der Waals surface area contributed by atoms with Crippen molar-refractivity contribution in [3.63, 3.8) is 0 Å². The summed E-state index contributed by atoms with van der Waals surface area (Å²) < 4.78 is 51.0. The average molecular weight is 464 g/mol. The summed E-state index contributed by atoms with van der Waals surface area (Å²) in [6, 6.07) is 8.72. The maximum absolute atomic E-state index is 13.0. The van der Waals surface area contributed by atoms with E-state index in [-0.39, 0.29) is 23.9 Å². The number of nitrogens with two attached hydrogens (primary N) is 1. The molecule has 2 unspecified atom stereocenters. The van der Waals surface area contributed by atoms with Gasteiger partial charge < -0.3 is 15.2 Å². The Labute approximate surface area is 190 Å². The second-order valence-corrected chi connectivity index (χ2v) is 8.83. The molecule has 0 bridgehead atoms. The molecule has 33 heavy (non-hydrogen) atoms. The van der Waals surface area contributed by atoms with Gasteiger partial charge in [0.2, 0.25) is 5.91 Å². The molecule has 1 amide bonds. The molecule has 4 rings (SSSR count). The SMILES string of the molecule is C[C@@H](c1cccnc1)C1CC(C(N)=O)(N2CC[C@@H](Oc3cccc(C(F)(F)F)c3)C2)CCO1. The molecule has 2 aromatic rings. The number of amides is 1. The van der Waals surface area contributed by atoms with Crippen LogP contribution in [-0.2, 0) is 15.7 Å². The zero-order chi connectivity index (χ0) is 23.6. The molecule has 9 heteroatoms. The van der Waals surface area contributed by atoms with E-state index in [9.17, 15) is 18.0 Å². The van der Waals surface area contributed by atoms with Crippen molar-refractivity contribution in [3.8, 4) is 5.75 Å².